The molecule has 76 heavy (non-hydrogen) atoms. The van der Waals surface area contributed by atoms with E-state index in [-0.39, 0.29) is 72.4 Å². The van der Waals surface area contributed by atoms with Gasteiger partial charge in [-0.3, -0.25) is 57.9 Å². The molecule has 1 N–H and O–H groups in total. The summed E-state index contributed by atoms with van der Waals surface area (Å²) in [7, 11) is 3.78. The molecule has 3 aromatic heterocycles. The Bertz CT molecular complexity index is 3190. The molecule has 0 radical (unpaired) electrons. The molecule has 0 bridgehead atoms. The lowest BCUT2D eigenvalue weighted by molar-refractivity contribution is 0.0579. The van der Waals surface area contributed by atoms with E-state index in [1.807, 2.05) is 0 Å². The molecular weight excluding hydrogens is 1070 g/mol. The number of benzene rings is 3. The number of carbonyl (C=O) groups is 9. The molecule has 3 aliphatic heterocycles. The zero-order valence-corrected chi connectivity index (χ0v) is 41.9. The van der Waals surface area contributed by atoms with Crippen molar-refractivity contribution in [3.8, 4) is 0 Å². The van der Waals surface area contributed by atoms with Crippen molar-refractivity contribution in [3.05, 3.63) is 196 Å². The summed E-state index contributed by atoms with van der Waals surface area (Å²) < 4.78 is 55.2. The van der Waals surface area contributed by atoms with E-state index < -0.39 is 41.5 Å². The lowest BCUT2D eigenvalue weighted by atomic mass is 10.1. The van der Waals surface area contributed by atoms with E-state index in [1.165, 1.54) is 61.4 Å². The number of alkyl halides is 1. The Morgan fingerprint density at radius 2 is 0.934 bits per heavy atom. The second-order valence-corrected chi connectivity index (χ2v) is 16.4. The molecule has 21 nitrogen and oxygen atoms in total. The molecule has 0 saturated carbocycles. The SMILES string of the molecule is COC(=O)c1ccn(C/C(=C/F)CN2C(=O)c3ccccc3C2=O)n1.COC(=O)c1ccn[nH]1.COC(=O)c1ccnn1C/C(=C/F)CN1C(=O)c2ccccc2C1=O.O=C1c2ccccc2C(=O)N1C/C(=C\F)CBr. The largest absolute Gasteiger partial charge is 0.464 e. The van der Waals surface area contributed by atoms with Crippen LogP contribution in [0.3, 0.4) is 0 Å². The molecule has 0 spiro atoms. The van der Waals surface area contributed by atoms with Crippen LogP contribution in [0.25, 0.3) is 0 Å². The number of hydrogen-bond acceptors (Lipinski definition) is 15. The molecule has 6 amide bonds. The summed E-state index contributed by atoms with van der Waals surface area (Å²) in [5, 5.41) is 14.2. The van der Waals surface area contributed by atoms with Crippen LogP contribution in [0.2, 0.25) is 0 Å². The number of aromatic amines is 1. The number of hydrogen-bond donors (Lipinski definition) is 1. The molecular formula is C51H43BrF3N9O12. The minimum absolute atomic E-state index is 0.0130. The van der Waals surface area contributed by atoms with Crippen LogP contribution in [0.1, 0.15) is 93.6 Å². The van der Waals surface area contributed by atoms with Crippen LogP contribution in [-0.4, -0.2) is 144 Å². The van der Waals surface area contributed by atoms with E-state index in [0.717, 1.165) is 14.7 Å². The second-order valence-electron chi connectivity index (χ2n) is 15.9. The third kappa shape index (κ3) is 12.7. The Balaban J connectivity index is 0.000000173. The summed E-state index contributed by atoms with van der Waals surface area (Å²) in [5.41, 5.74) is 3.17. The number of carbonyl (C=O) groups excluding carboxylic acids is 9. The number of fused-ring (bicyclic) bond motifs is 3. The van der Waals surface area contributed by atoms with E-state index >= 15 is 0 Å². The number of rotatable bonds is 14. The number of nitrogens with zero attached hydrogens (tertiary/aromatic N) is 8. The van der Waals surface area contributed by atoms with Crippen molar-refractivity contribution in [2.45, 2.75) is 13.1 Å². The highest BCUT2D eigenvalue weighted by atomic mass is 79.9. The topological polar surface area (TPSA) is 255 Å². The number of ether oxygens (including phenoxy) is 3. The predicted octanol–water partition coefficient (Wildman–Crippen LogP) is 6.37. The molecule has 6 heterocycles. The Labute approximate surface area is 437 Å². The van der Waals surface area contributed by atoms with Crippen LogP contribution >= 0.6 is 15.9 Å². The van der Waals surface area contributed by atoms with E-state index in [9.17, 15) is 56.3 Å². The molecule has 3 aliphatic rings. The molecule has 25 heteroatoms. The van der Waals surface area contributed by atoms with Gasteiger partial charge in [0.05, 0.1) is 106 Å². The van der Waals surface area contributed by atoms with Crippen LogP contribution in [0.15, 0.2) is 145 Å². The molecule has 3 aromatic carbocycles. The van der Waals surface area contributed by atoms with Gasteiger partial charge >= 0.3 is 17.9 Å². The highest BCUT2D eigenvalue weighted by Crippen LogP contribution is 2.26. The number of nitrogens with one attached hydrogen (secondary N) is 1. The lowest BCUT2D eigenvalue weighted by Gasteiger charge is -2.16. The van der Waals surface area contributed by atoms with Gasteiger partial charge in [-0.25, -0.2) is 27.6 Å². The van der Waals surface area contributed by atoms with Crippen molar-refractivity contribution >= 4 is 69.3 Å². The van der Waals surface area contributed by atoms with Crippen molar-refractivity contribution in [1.82, 2.24) is 44.5 Å². The van der Waals surface area contributed by atoms with Gasteiger partial charge in [-0.1, -0.05) is 52.3 Å². The van der Waals surface area contributed by atoms with Crippen molar-refractivity contribution in [2.75, 3.05) is 46.3 Å². The smallest absolute Gasteiger partial charge is 0.358 e. The van der Waals surface area contributed by atoms with E-state index in [1.54, 1.807) is 78.9 Å². The van der Waals surface area contributed by atoms with Crippen LogP contribution in [-0.2, 0) is 27.3 Å². The Hall–Kier alpha value is -9.39. The van der Waals surface area contributed by atoms with Crippen molar-refractivity contribution in [2.24, 2.45) is 0 Å². The maximum atomic E-state index is 13.3. The number of aromatic nitrogens is 6. The van der Waals surface area contributed by atoms with E-state index in [4.69, 9.17) is 0 Å². The lowest BCUT2D eigenvalue weighted by Crippen LogP contribution is -2.32. The third-order valence-corrected chi connectivity index (χ3v) is 11.8. The van der Waals surface area contributed by atoms with Gasteiger partial charge in [-0.2, -0.15) is 15.3 Å². The van der Waals surface area contributed by atoms with Gasteiger partial charge in [0.1, 0.15) is 11.4 Å². The predicted molar refractivity (Wildman–Crippen MR) is 264 cm³/mol. The Kier molecular flexibility index (Phi) is 19.1. The van der Waals surface area contributed by atoms with Crippen LogP contribution in [0.4, 0.5) is 13.2 Å². The standard InChI is InChI=1S/2C17H14FN3O4.C12H9BrFNO2.C5H6N2O2/c1-25-17(24)14-6-7-20(19-14)9-11(8-18)10-21-15(22)12-4-2-3-5-13(12)16(21)23;1-25-17(24)14-6-7-19-21(14)10-11(8-18)9-20-15(22)12-4-2-3-5-13(12)16(20)23;13-5-8(6-14)7-15-11(16)9-3-1-2-4-10(9)12(15)17;1-9-5(8)4-2-3-6-7-4/h2*2-8H,9-10H2,1H3;1-4,6H,5,7H2;2-3H,1H3,(H,6,7)/b11-8-;11-8+;8-6-;. The minimum atomic E-state index is -0.614. The molecule has 0 unspecified atom stereocenters. The molecule has 0 aliphatic carbocycles. The number of H-pyrrole nitrogens is 1. The highest BCUT2D eigenvalue weighted by Gasteiger charge is 2.38. The summed E-state index contributed by atoms with van der Waals surface area (Å²) >= 11 is 3.10. The quantitative estimate of drug-likeness (QED) is 0.0538. The molecule has 392 valence electrons. The van der Waals surface area contributed by atoms with E-state index in [2.05, 4.69) is 50.5 Å². The van der Waals surface area contributed by atoms with Gasteiger partial charge in [0, 0.05) is 23.9 Å². The number of methoxy groups -OCH3 is 3. The van der Waals surface area contributed by atoms with Crippen molar-refractivity contribution in [1.29, 1.82) is 0 Å². The van der Waals surface area contributed by atoms with Gasteiger partial charge in [0.25, 0.3) is 35.4 Å². The summed E-state index contributed by atoms with van der Waals surface area (Å²) in [6.07, 6.45) is 5.42. The summed E-state index contributed by atoms with van der Waals surface area (Å²) in [4.78, 5) is 110. The zero-order valence-electron chi connectivity index (χ0n) is 40.4. The fraction of sp³-hybridized carbons (Fsp3) is 0.176. The molecule has 6 aromatic rings. The zero-order chi connectivity index (χ0) is 55.1. The summed E-state index contributed by atoms with van der Waals surface area (Å²) in [6.45, 7) is -0.560. The molecule has 0 atom stereocenters. The Morgan fingerprint density at radius 1 is 0.526 bits per heavy atom. The van der Waals surface area contributed by atoms with Crippen LogP contribution in [0.5, 0.6) is 0 Å². The normalized spacial score (nSPS) is 13.7. The van der Waals surface area contributed by atoms with Crippen molar-refractivity contribution < 1.29 is 70.5 Å². The number of amides is 6. The fourth-order valence-electron chi connectivity index (χ4n) is 7.38. The summed E-state index contributed by atoms with van der Waals surface area (Å²) in [6, 6.07) is 23.9. The Morgan fingerprint density at radius 3 is 1.30 bits per heavy atom. The van der Waals surface area contributed by atoms with Gasteiger partial charge in [-0.05, 0) is 71.3 Å². The number of halogens is 4. The maximum Gasteiger partial charge on any atom is 0.358 e. The minimum Gasteiger partial charge on any atom is -0.464 e. The first-order valence-corrected chi connectivity index (χ1v) is 23.3. The number of esters is 3. The summed E-state index contributed by atoms with van der Waals surface area (Å²) in [5.74, 6) is -4.24. The third-order valence-electron chi connectivity index (χ3n) is 11.1. The van der Waals surface area contributed by atoms with Gasteiger partial charge < -0.3 is 14.2 Å². The monoisotopic (exact) mass is 1110 g/mol. The molecule has 9 rings (SSSR count). The van der Waals surface area contributed by atoms with Gasteiger partial charge in [0.2, 0.25) is 0 Å². The van der Waals surface area contributed by atoms with E-state index in [0.29, 0.717) is 63.6 Å². The molecule has 0 saturated heterocycles. The second kappa shape index (κ2) is 26.0. The first-order valence-electron chi connectivity index (χ1n) is 22.2. The van der Waals surface area contributed by atoms with Crippen LogP contribution in [0, 0.1) is 0 Å². The highest BCUT2D eigenvalue weighted by molar-refractivity contribution is 9.09. The average molecular weight is 1110 g/mol. The van der Waals surface area contributed by atoms with Gasteiger partial charge in [0.15, 0.2) is 5.69 Å². The average Bonchev–Trinajstić information content (AvgIpc) is 4.35. The maximum absolute atomic E-state index is 13.3. The number of imide groups is 3. The molecule has 0 fully saturated rings. The van der Waals surface area contributed by atoms with Crippen molar-refractivity contribution in [3.63, 3.8) is 0 Å². The van der Waals surface area contributed by atoms with Gasteiger partial charge in [-0.15, -0.1) is 0 Å². The first kappa shape index (κ1) is 55.9. The fourth-order valence-corrected chi connectivity index (χ4v) is 7.68. The van der Waals surface area contributed by atoms with Crippen LogP contribution < -0.4 is 0 Å². The first-order chi connectivity index (χ1) is 36.6.